The van der Waals surface area contributed by atoms with Crippen LogP contribution in [0.1, 0.15) is 0 Å². The molecule has 0 aliphatic carbocycles. The van der Waals surface area contributed by atoms with Crippen molar-refractivity contribution in [2.45, 2.75) is 0 Å². The number of phenols is 1. The lowest BCUT2D eigenvalue weighted by atomic mass is 10.1. The Hall–Kier alpha value is -1.36. The minimum Gasteiger partial charge on any atom is -0.506 e. The predicted molar refractivity (Wildman–Crippen MR) is 78.9 cm³/mol. The SMILES string of the molecule is Oc1cc2cc(-c3c(F)cccc3F)sc2c(Cl)c1Cl. The van der Waals surface area contributed by atoms with Gasteiger partial charge in [-0.1, -0.05) is 29.3 Å². The second kappa shape index (κ2) is 4.88. The quantitative estimate of drug-likeness (QED) is 0.592. The van der Waals surface area contributed by atoms with Gasteiger partial charge in [-0.2, -0.15) is 0 Å². The molecule has 0 saturated carbocycles. The first-order valence-corrected chi connectivity index (χ1v) is 7.11. The summed E-state index contributed by atoms with van der Waals surface area (Å²) in [4.78, 5) is 0.388. The number of thiophene rings is 1. The van der Waals surface area contributed by atoms with Crippen LogP contribution in [0.2, 0.25) is 10.0 Å². The summed E-state index contributed by atoms with van der Waals surface area (Å²) in [6, 6.07) is 6.67. The maximum Gasteiger partial charge on any atom is 0.136 e. The van der Waals surface area contributed by atoms with E-state index in [9.17, 15) is 13.9 Å². The van der Waals surface area contributed by atoms with Crippen LogP contribution in [-0.2, 0) is 0 Å². The minimum absolute atomic E-state index is 0.0292. The fourth-order valence-electron chi connectivity index (χ4n) is 1.96. The first-order valence-electron chi connectivity index (χ1n) is 5.54. The molecule has 20 heavy (non-hydrogen) atoms. The molecule has 2 aromatic carbocycles. The van der Waals surface area contributed by atoms with Gasteiger partial charge in [-0.15, -0.1) is 11.3 Å². The molecule has 6 heteroatoms. The average molecular weight is 331 g/mol. The van der Waals surface area contributed by atoms with E-state index in [1.165, 1.54) is 24.3 Å². The fraction of sp³-hybridized carbons (Fsp3) is 0. The summed E-state index contributed by atoms with van der Waals surface area (Å²) in [5.41, 5.74) is -0.111. The van der Waals surface area contributed by atoms with Crippen LogP contribution < -0.4 is 0 Å². The Morgan fingerprint density at radius 3 is 2.30 bits per heavy atom. The molecule has 1 nitrogen and oxygen atoms in total. The number of hydrogen-bond acceptors (Lipinski definition) is 2. The van der Waals surface area contributed by atoms with Gasteiger partial charge in [-0.05, 0) is 29.7 Å². The summed E-state index contributed by atoms with van der Waals surface area (Å²) in [5, 5.41) is 10.4. The molecule has 3 aromatic rings. The molecular weight excluding hydrogens is 325 g/mol. The summed E-state index contributed by atoms with van der Waals surface area (Å²) in [6.45, 7) is 0. The maximum absolute atomic E-state index is 13.8. The molecule has 0 unspecified atom stereocenters. The third-order valence-corrected chi connectivity index (χ3v) is 5.03. The zero-order valence-corrected chi connectivity index (χ0v) is 12.1. The molecule has 1 N–H and O–H groups in total. The number of phenolic OH excluding ortho intramolecular Hbond substituents is 1. The van der Waals surface area contributed by atoms with Crippen molar-refractivity contribution in [1.82, 2.24) is 0 Å². The van der Waals surface area contributed by atoms with Crippen molar-refractivity contribution in [2.24, 2.45) is 0 Å². The van der Waals surface area contributed by atoms with Gasteiger partial charge in [0, 0.05) is 4.88 Å². The molecule has 0 fully saturated rings. The molecule has 0 bridgehead atoms. The Morgan fingerprint density at radius 2 is 1.65 bits per heavy atom. The maximum atomic E-state index is 13.8. The van der Waals surface area contributed by atoms with Gasteiger partial charge >= 0.3 is 0 Å². The molecule has 0 radical (unpaired) electrons. The van der Waals surface area contributed by atoms with E-state index in [0.29, 0.717) is 15.0 Å². The van der Waals surface area contributed by atoms with Crippen molar-refractivity contribution >= 4 is 44.6 Å². The van der Waals surface area contributed by atoms with Crippen molar-refractivity contribution in [1.29, 1.82) is 0 Å². The molecule has 1 heterocycles. The van der Waals surface area contributed by atoms with Gasteiger partial charge in [0.1, 0.15) is 22.4 Å². The van der Waals surface area contributed by atoms with Crippen molar-refractivity contribution in [3.63, 3.8) is 0 Å². The fourth-order valence-corrected chi connectivity index (χ4v) is 3.62. The van der Waals surface area contributed by atoms with Gasteiger partial charge in [0.2, 0.25) is 0 Å². The highest BCUT2D eigenvalue weighted by Crippen LogP contribution is 2.44. The highest BCUT2D eigenvalue weighted by Gasteiger charge is 2.17. The van der Waals surface area contributed by atoms with Gasteiger partial charge in [0.05, 0.1) is 15.3 Å². The Bertz CT molecular complexity index is 809. The normalized spacial score (nSPS) is 11.2. The van der Waals surface area contributed by atoms with Crippen LogP contribution in [0.15, 0.2) is 30.3 Å². The van der Waals surface area contributed by atoms with Crippen LogP contribution in [0.3, 0.4) is 0 Å². The van der Waals surface area contributed by atoms with Crippen LogP contribution in [-0.4, -0.2) is 5.11 Å². The van der Waals surface area contributed by atoms with Gasteiger partial charge < -0.3 is 5.11 Å². The Kier molecular flexibility index (Phi) is 3.32. The smallest absolute Gasteiger partial charge is 0.136 e. The molecule has 0 saturated heterocycles. The lowest BCUT2D eigenvalue weighted by Crippen LogP contribution is -1.86. The van der Waals surface area contributed by atoms with E-state index in [1.54, 1.807) is 6.07 Å². The summed E-state index contributed by atoms with van der Waals surface area (Å²) in [5.74, 6) is -1.46. The average Bonchev–Trinajstić information content (AvgIpc) is 2.79. The number of hydrogen-bond donors (Lipinski definition) is 1. The van der Waals surface area contributed by atoms with E-state index in [-0.39, 0.29) is 21.4 Å². The molecule has 0 aliphatic heterocycles. The Balaban J connectivity index is 2.32. The van der Waals surface area contributed by atoms with Crippen molar-refractivity contribution < 1.29 is 13.9 Å². The van der Waals surface area contributed by atoms with Crippen molar-refractivity contribution in [2.75, 3.05) is 0 Å². The van der Waals surface area contributed by atoms with Crippen molar-refractivity contribution in [3.05, 3.63) is 52.0 Å². The zero-order chi connectivity index (χ0) is 14.4. The van der Waals surface area contributed by atoms with E-state index < -0.39 is 11.6 Å². The van der Waals surface area contributed by atoms with Gasteiger partial charge in [-0.25, -0.2) is 8.78 Å². The molecule has 102 valence electrons. The monoisotopic (exact) mass is 330 g/mol. The Morgan fingerprint density at radius 1 is 1.00 bits per heavy atom. The van der Waals surface area contributed by atoms with E-state index in [2.05, 4.69) is 0 Å². The van der Waals surface area contributed by atoms with Crippen LogP contribution in [0.25, 0.3) is 20.5 Å². The van der Waals surface area contributed by atoms with E-state index in [4.69, 9.17) is 23.2 Å². The zero-order valence-electron chi connectivity index (χ0n) is 9.75. The van der Waals surface area contributed by atoms with Gasteiger partial charge in [0.15, 0.2) is 0 Å². The van der Waals surface area contributed by atoms with E-state index >= 15 is 0 Å². The summed E-state index contributed by atoms with van der Waals surface area (Å²) in [6.07, 6.45) is 0. The highest BCUT2D eigenvalue weighted by atomic mass is 35.5. The molecule has 0 amide bonds. The molecular formula is C14H6Cl2F2OS. The van der Waals surface area contributed by atoms with E-state index in [0.717, 1.165) is 11.3 Å². The molecule has 0 atom stereocenters. The first kappa shape index (κ1) is 13.6. The number of halogens is 4. The van der Waals surface area contributed by atoms with Crippen LogP contribution >= 0.6 is 34.5 Å². The minimum atomic E-state index is -0.650. The highest BCUT2D eigenvalue weighted by molar-refractivity contribution is 7.23. The summed E-state index contributed by atoms with van der Waals surface area (Å²) < 4.78 is 28.1. The van der Waals surface area contributed by atoms with Crippen LogP contribution in [0.4, 0.5) is 8.78 Å². The number of aromatic hydroxyl groups is 1. The third kappa shape index (κ3) is 2.04. The molecule has 0 aliphatic rings. The standard InChI is InChI=1S/C14H6Cl2F2OS/c15-12-9(19)4-6-5-10(20-14(6)13(12)16)11-7(17)2-1-3-8(11)18/h1-5,19H. The molecule has 0 spiro atoms. The summed E-state index contributed by atoms with van der Waals surface area (Å²) >= 11 is 13.0. The predicted octanol–water partition coefficient (Wildman–Crippen LogP) is 5.86. The van der Waals surface area contributed by atoms with E-state index in [1.807, 2.05) is 0 Å². The van der Waals surface area contributed by atoms with Crippen LogP contribution in [0, 0.1) is 11.6 Å². The summed E-state index contributed by atoms with van der Waals surface area (Å²) in [7, 11) is 0. The van der Waals surface area contributed by atoms with Gasteiger partial charge in [0.25, 0.3) is 0 Å². The van der Waals surface area contributed by atoms with Gasteiger partial charge in [-0.3, -0.25) is 0 Å². The second-order valence-corrected chi connectivity index (χ2v) is 5.96. The number of rotatable bonds is 1. The number of fused-ring (bicyclic) bond motifs is 1. The number of benzene rings is 2. The largest absolute Gasteiger partial charge is 0.506 e. The molecule has 1 aromatic heterocycles. The lowest BCUT2D eigenvalue weighted by Gasteiger charge is -2.00. The topological polar surface area (TPSA) is 20.2 Å². The first-order chi connectivity index (χ1) is 9.49. The van der Waals surface area contributed by atoms with Crippen molar-refractivity contribution in [3.8, 4) is 16.2 Å². The third-order valence-electron chi connectivity index (χ3n) is 2.88. The Labute approximate surface area is 127 Å². The molecule has 3 rings (SSSR count). The lowest BCUT2D eigenvalue weighted by molar-refractivity contribution is 0.476. The van der Waals surface area contributed by atoms with Crippen LogP contribution in [0.5, 0.6) is 5.75 Å². The second-order valence-electron chi connectivity index (χ2n) is 4.15.